The minimum atomic E-state index is -0.218. The summed E-state index contributed by atoms with van der Waals surface area (Å²) in [6.45, 7) is 8.09. The van der Waals surface area contributed by atoms with Crippen LogP contribution in [0.25, 0.3) is 0 Å². The van der Waals surface area contributed by atoms with Crippen molar-refractivity contribution in [2.45, 2.75) is 45.3 Å². The highest BCUT2D eigenvalue weighted by Crippen LogP contribution is 2.34. The van der Waals surface area contributed by atoms with Gasteiger partial charge in [0.15, 0.2) is 0 Å². The summed E-state index contributed by atoms with van der Waals surface area (Å²) in [7, 11) is 1.77. The van der Waals surface area contributed by atoms with Gasteiger partial charge in [-0.3, -0.25) is 0 Å². The zero-order chi connectivity index (χ0) is 14.8. The first-order valence-electron chi connectivity index (χ1n) is 7.20. The summed E-state index contributed by atoms with van der Waals surface area (Å²) in [6.07, 6.45) is 1.90. The summed E-state index contributed by atoms with van der Waals surface area (Å²) in [4.78, 5) is 0. The van der Waals surface area contributed by atoms with Crippen LogP contribution in [0, 0.1) is 0 Å². The number of likely N-dealkylation sites (N-methyl/N-ethyl adjacent to an activating group) is 1. The van der Waals surface area contributed by atoms with Crippen molar-refractivity contribution >= 4 is 15.9 Å². The topological polar surface area (TPSA) is 30.5 Å². The number of benzene rings is 1. The first-order chi connectivity index (χ1) is 9.47. The molecule has 1 aromatic carbocycles. The monoisotopic (exact) mass is 341 g/mol. The van der Waals surface area contributed by atoms with Gasteiger partial charge in [0.2, 0.25) is 0 Å². The maximum Gasteiger partial charge on any atom is 0.125 e. The van der Waals surface area contributed by atoms with E-state index in [0.717, 1.165) is 36.2 Å². The minimum Gasteiger partial charge on any atom is -0.493 e. The molecule has 1 N–H and O–H groups in total. The van der Waals surface area contributed by atoms with Crippen LogP contribution in [-0.4, -0.2) is 31.9 Å². The van der Waals surface area contributed by atoms with Gasteiger partial charge in [-0.1, -0.05) is 22.9 Å². The Morgan fingerprint density at radius 1 is 1.45 bits per heavy atom. The Bertz CT molecular complexity index is 474. The fraction of sp³-hybridized carbons (Fsp3) is 0.625. The number of fused-ring (bicyclic) bond motifs is 1. The van der Waals surface area contributed by atoms with E-state index in [4.69, 9.17) is 9.47 Å². The zero-order valence-corrected chi connectivity index (χ0v) is 14.3. The molecule has 112 valence electrons. The van der Waals surface area contributed by atoms with Gasteiger partial charge in [-0.15, -0.1) is 0 Å². The van der Waals surface area contributed by atoms with E-state index in [1.54, 1.807) is 7.11 Å². The molecule has 0 aliphatic carbocycles. The first kappa shape index (κ1) is 15.8. The standard InChI is InChI=1S/C16H24BrNO2/c1-5-18-14(16(2,3)19-4)10-12-9-13(17)8-11-6-7-20-15(11)12/h8-9,14,18H,5-7,10H2,1-4H3. The van der Waals surface area contributed by atoms with Crippen LogP contribution < -0.4 is 10.1 Å². The van der Waals surface area contributed by atoms with Crippen LogP contribution in [0.1, 0.15) is 31.9 Å². The number of rotatable bonds is 6. The summed E-state index contributed by atoms with van der Waals surface area (Å²) < 4.78 is 12.6. The van der Waals surface area contributed by atoms with E-state index in [9.17, 15) is 0 Å². The molecule has 20 heavy (non-hydrogen) atoms. The third-order valence-corrected chi connectivity index (χ3v) is 4.52. The van der Waals surface area contributed by atoms with Crippen molar-refractivity contribution in [3.63, 3.8) is 0 Å². The van der Waals surface area contributed by atoms with E-state index < -0.39 is 0 Å². The molecule has 1 heterocycles. The Morgan fingerprint density at radius 2 is 2.20 bits per heavy atom. The van der Waals surface area contributed by atoms with Crippen molar-refractivity contribution in [3.8, 4) is 5.75 Å². The van der Waals surface area contributed by atoms with Gasteiger partial charge in [-0.2, -0.15) is 0 Å². The second-order valence-electron chi connectivity index (χ2n) is 5.77. The van der Waals surface area contributed by atoms with Crippen molar-refractivity contribution in [3.05, 3.63) is 27.7 Å². The smallest absolute Gasteiger partial charge is 0.125 e. The third kappa shape index (κ3) is 3.35. The van der Waals surface area contributed by atoms with Crippen molar-refractivity contribution in [2.75, 3.05) is 20.3 Å². The summed E-state index contributed by atoms with van der Waals surface area (Å²) in [5.74, 6) is 1.07. The Kier molecular flexibility index (Phi) is 5.10. The molecule has 0 saturated carbocycles. The molecule has 0 fully saturated rings. The lowest BCUT2D eigenvalue weighted by Crippen LogP contribution is -2.49. The van der Waals surface area contributed by atoms with Gasteiger partial charge in [0, 0.05) is 24.0 Å². The minimum absolute atomic E-state index is 0.218. The van der Waals surface area contributed by atoms with Crippen LogP contribution in [-0.2, 0) is 17.6 Å². The molecule has 0 saturated heterocycles. The molecule has 2 rings (SSSR count). The SMILES string of the molecule is CCNC(Cc1cc(Br)cc2c1OCC2)C(C)(C)OC. The highest BCUT2D eigenvalue weighted by Gasteiger charge is 2.30. The summed E-state index contributed by atoms with van der Waals surface area (Å²) >= 11 is 3.60. The summed E-state index contributed by atoms with van der Waals surface area (Å²) in [5, 5.41) is 3.54. The predicted molar refractivity (Wildman–Crippen MR) is 85.6 cm³/mol. The molecule has 0 spiro atoms. The molecule has 4 heteroatoms. The summed E-state index contributed by atoms with van der Waals surface area (Å²) in [6, 6.07) is 4.58. The Hall–Kier alpha value is -0.580. The molecule has 1 aliphatic rings. The highest BCUT2D eigenvalue weighted by molar-refractivity contribution is 9.10. The molecule has 0 aromatic heterocycles. The van der Waals surface area contributed by atoms with E-state index in [-0.39, 0.29) is 11.6 Å². The number of halogens is 1. The second-order valence-corrected chi connectivity index (χ2v) is 6.69. The van der Waals surface area contributed by atoms with Gasteiger partial charge >= 0.3 is 0 Å². The van der Waals surface area contributed by atoms with Crippen LogP contribution >= 0.6 is 15.9 Å². The van der Waals surface area contributed by atoms with Gasteiger partial charge in [-0.25, -0.2) is 0 Å². The molecular formula is C16H24BrNO2. The van der Waals surface area contributed by atoms with Gasteiger partial charge in [0.1, 0.15) is 5.75 Å². The number of methoxy groups -OCH3 is 1. The van der Waals surface area contributed by atoms with Crippen LogP contribution in [0.4, 0.5) is 0 Å². The molecule has 1 aliphatic heterocycles. The number of nitrogens with one attached hydrogen (secondary N) is 1. The molecule has 0 amide bonds. The van der Waals surface area contributed by atoms with E-state index in [2.05, 4.69) is 54.2 Å². The lowest BCUT2D eigenvalue weighted by molar-refractivity contribution is -0.00971. The fourth-order valence-corrected chi connectivity index (χ4v) is 3.22. The van der Waals surface area contributed by atoms with Crippen molar-refractivity contribution in [1.82, 2.24) is 5.32 Å². The molecule has 0 radical (unpaired) electrons. The summed E-state index contributed by atoms with van der Waals surface area (Å²) in [5.41, 5.74) is 2.34. The molecule has 0 bridgehead atoms. The molecule has 1 unspecified atom stereocenters. The quantitative estimate of drug-likeness (QED) is 0.860. The van der Waals surface area contributed by atoms with E-state index in [1.807, 2.05) is 0 Å². The van der Waals surface area contributed by atoms with Gasteiger partial charge in [0.05, 0.1) is 12.2 Å². The van der Waals surface area contributed by atoms with E-state index >= 15 is 0 Å². The third-order valence-electron chi connectivity index (χ3n) is 4.07. The van der Waals surface area contributed by atoms with Crippen molar-refractivity contribution < 1.29 is 9.47 Å². The predicted octanol–water partition coefficient (Wildman–Crippen LogP) is 3.33. The number of ether oxygens (including phenoxy) is 2. The Morgan fingerprint density at radius 3 is 2.85 bits per heavy atom. The highest BCUT2D eigenvalue weighted by atomic mass is 79.9. The molecule has 3 nitrogen and oxygen atoms in total. The van der Waals surface area contributed by atoms with Crippen molar-refractivity contribution in [2.24, 2.45) is 0 Å². The average Bonchev–Trinajstić information content (AvgIpc) is 2.86. The largest absolute Gasteiger partial charge is 0.493 e. The maximum absolute atomic E-state index is 5.82. The molecular weight excluding hydrogens is 318 g/mol. The van der Waals surface area contributed by atoms with Crippen LogP contribution in [0.3, 0.4) is 0 Å². The van der Waals surface area contributed by atoms with Gasteiger partial charge in [-0.05, 0) is 50.1 Å². The van der Waals surface area contributed by atoms with Crippen molar-refractivity contribution in [1.29, 1.82) is 0 Å². The van der Waals surface area contributed by atoms with E-state index in [1.165, 1.54) is 11.1 Å². The Balaban J connectivity index is 2.27. The fourth-order valence-electron chi connectivity index (χ4n) is 2.67. The molecule has 1 aromatic rings. The number of hydrogen-bond donors (Lipinski definition) is 1. The van der Waals surface area contributed by atoms with E-state index in [0.29, 0.717) is 0 Å². The van der Waals surface area contributed by atoms with Gasteiger partial charge in [0.25, 0.3) is 0 Å². The van der Waals surface area contributed by atoms with Gasteiger partial charge < -0.3 is 14.8 Å². The lowest BCUT2D eigenvalue weighted by Gasteiger charge is -2.34. The first-order valence-corrected chi connectivity index (χ1v) is 8.00. The maximum atomic E-state index is 5.82. The lowest BCUT2D eigenvalue weighted by atomic mass is 9.91. The normalized spacial score (nSPS) is 15.8. The second kappa shape index (κ2) is 6.46. The Labute approximate surface area is 130 Å². The van der Waals surface area contributed by atoms with Crippen LogP contribution in [0.5, 0.6) is 5.75 Å². The van der Waals surface area contributed by atoms with Crippen LogP contribution in [0.15, 0.2) is 16.6 Å². The average molecular weight is 342 g/mol. The molecule has 1 atom stereocenters. The van der Waals surface area contributed by atoms with Crippen LogP contribution in [0.2, 0.25) is 0 Å². The number of hydrogen-bond acceptors (Lipinski definition) is 3. The zero-order valence-electron chi connectivity index (χ0n) is 12.8.